The smallest absolute Gasteiger partial charge is 0.315 e. The number of thioether (sulfide) groups is 2. The monoisotopic (exact) mass is 644 g/mol. The van der Waals surface area contributed by atoms with Crippen LogP contribution in [-0.2, 0) is 23.8 Å². The second kappa shape index (κ2) is 18.8. The Morgan fingerprint density at radius 1 is 0.628 bits per heavy atom. The molecule has 4 aliphatic rings. The molecule has 0 aromatic carbocycles. The molecule has 0 aromatic rings. The summed E-state index contributed by atoms with van der Waals surface area (Å²) >= 11 is 3.80. The summed E-state index contributed by atoms with van der Waals surface area (Å²) in [5.41, 5.74) is 0. The summed E-state index contributed by atoms with van der Waals surface area (Å²) in [6.45, 7) is 3.64. The van der Waals surface area contributed by atoms with Crippen molar-refractivity contribution in [2.75, 3.05) is 64.2 Å². The molecule has 0 aromatic heterocycles. The molecule has 4 aliphatic heterocycles. The van der Waals surface area contributed by atoms with Gasteiger partial charge in [-0.15, -0.1) is 0 Å². The maximum absolute atomic E-state index is 12.0. The lowest BCUT2D eigenvalue weighted by molar-refractivity contribution is -0.122. The maximum Gasteiger partial charge on any atom is 0.315 e. The second-order valence-corrected chi connectivity index (χ2v) is 13.8. The zero-order valence-corrected chi connectivity index (χ0v) is 26.5. The van der Waals surface area contributed by atoms with Crippen molar-refractivity contribution in [3.63, 3.8) is 0 Å². The van der Waals surface area contributed by atoms with Gasteiger partial charge in [0.15, 0.2) is 0 Å². The minimum Gasteiger partial charge on any atom is -0.377 e. The van der Waals surface area contributed by atoms with Gasteiger partial charge in [0.2, 0.25) is 11.8 Å². The number of urea groups is 2. The highest BCUT2D eigenvalue weighted by molar-refractivity contribution is 8.00. The molecular formula is C28H48N6O7S2. The number of carbonyl (C=O) groups excluding carboxylic acids is 4. The van der Waals surface area contributed by atoms with Gasteiger partial charge in [0.1, 0.15) is 0 Å². The van der Waals surface area contributed by atoms with Gasteiger partial charge in [-0.1, -0.05) is 12.8 Å². The summed E-state index contributed by atoms with van der Waals surface area (Å²) in [6.07, 6.45) is 6.65. The molecule has 6 amide bonds. The number of amides is 6. The van der Waals surface area contributed by atoms with Crippen molar-refractivity contribution >= 4 is 47.4 Å². The van der Waals surface area contributed by atoms with Crippen molar-refractivity contribution in [3.8, 4) is 0 Å². The Morgan fingerprint density at radius 2 is 1.05 bits per heavy atom. The van der Waals surface area contributed by atoms with E-state index >= 15 is 0 Å². The largest absolute Gasteiger partial charge is 0.377 e. The van der Waals surface area contributed by atoms with Crippen LogP contribution >= 0.6 is 23.5 Å². The van der Waals surface area contributed by atoms with Crippen LogP contribution in [0, 0.1) is 0 Å². The number of rotatable bonds is 22. The second-order valence-electron chi connectivity index (χ2n) is 11.3. The van der Waals surface area contributed by atoms with E-state index in [9.17, 15) is 19.2 Å². The lowest BCUT2D eigenvalue weighted by atomic mass is 10.0. The number of ether oxygens (including phenoxy) is 3. The highest BCUT2D eigenvalue weighted by Gasteiger charge is 2.43. The van der Waals surface area contributed by atoms with Crippen LogP contribution in [0.1, 0.15) is 51.4 Å². The number of fused-ring (bicyclic) bond motifs is 2. The van der Waals surface area contributed by atoms with Gasteiger partial charge in [0, 0.05) is 47.9 Å². The van der Waals surface area contributed by atoms with Crippen molar-refractivity contribution in [2.24, 2.45) is 0 Å². The van der Waals surface area contributed by atoms with Crippen molar-refractivity contribution in [3.05, 3.63) is 0 Å². The van der Waals surface area contributed by atoms with Crippen LogP contribution in [0.15, 0.2) is 0 Å². The van der Waals surface area contributed by atoms with Gasteiger partial charge < -0.3 is 46.1 Å². The summed E-state index contributed by atoms with van der Waals surface area (Å²) < 4.78 is 16.5. The molecule has 4 rings (SSSR count). The number of unbranched alkanes of at least 4 members (excludes halogenated alkanes) is 2. The van der Waals surface area contributed by atoms with Gasteiger partial charge in [-0.25, -0.2) is 9.59 Å². The Labute approximate surface area is 262 Å². The molecule has 0 spiro atoms. The lowest BCUT2D eigenvalue weighted by Crippen LogP contribution is -2.36. The molecule has 15 heteroatoms. The third-order valence-corrected chi connectivity index (χ3v) is 11.1. The molecule has 13 nitrogen and oxygen atoms in total. The number of nitrogens with one attached hydrogen (secondary N) is 6. The molecule has 43 heavy (non-hydrogen) atoms. The topological polar surface area (TPSA) is 168 Å². The molecule has 6 atom stereocenters. The normalized spacial score (nSPS) is 27.2. The van der Waals surface area contributed by atoms with Gasteiger partial charge in [0.25, 0.3) is 0 Å². The molecule has 4 saturated heterocycles. The van der Waals surface area contributed by atoms with Crippen LogP contribution in [-0.4, -0.2) is 123 Å². The first kappa shape index (κ1) is 33.9. The van der Waals surface area contributed by atoms with E-state index in [1.165, 1.54) is 0 Å². The predicted molar refractivity (Wildman–Crippen MR) is 166 cm³/mol. The Kier molecular flexibility index (Phi) is 14.8. The molecule has 4 heterocycles. The fourth-order valence-corrected chi connectivity index (χ4v) is 8.88. The van der Waals surface area contributed by atoms with Gasteiger partial charge in [-0.3, -0.25) is 9.59 Å². The van der Waals surface area contributed by atoms with Crippen LogP contribution in [0.2, 0.25) is 0 Å². The molecule has 0 saturated carbocycles. The van der Waals surface area contributed by atoms with E-state index in [0.717, 1.165) is 50.0 Å². The lowest BCUT2D eigenvalue weighted by Gasteiger charge is -2.16. The molecular weight excluding hydrogens is 596 g/mol. The van der Waals surface area contributed by atoms with Crippen LogP contribution < -0.4 is 31.9 Å². The fraction of sp³-hybridized carbons (Fsp3) is 0.857. The Hall–Kier alpha value is -1.94. The predicted octanol–water partition coefficient (Wildman–Crippen LogP) is 0.720. The molecule has 244 valence electrons. The van der Waals surface area contributed by atoms with E-state index in [0.29, 0.717) is 76.1 Å². The zero-order valence-electron chi connectivity index (χ0n) is 24.9. The van der Waals surface area contributed by atoms with Crippen LogP contribution in [0.25, 0.3) is 0 Å². The van der Waals surface area contributed by atoms with Crippen LogP contribution in [0.4, 0.5) is 9.59 Å². The van der Waals surface area contributed by atoms with Crippen molar-refractivity contribution in [1.82, 2.24) is 31.9 Å². The summed E-state index contributed by atoms with van der Waals surface area (Å²) in [5.74, 6) is 1.99. The number of hydrogen-bond donors (Lipinski definition) is 6. The highest BCUT2D eigenvalue weighted by Crippen LogP contribution is 2.34. The van der Waals surface area contributed by atoms with Gasteiger partial charge in [-0.2, -0.15) is 23.5 Å². The minimum atomic E-state index is -0.0619. The van der Waals surface area contributed by atoms with Gasteiger partial charge >= 0.3 is 12.1 Å². The maximum atomic E-state index is 12.0. The molecule has 0 radical (unpaired) electrons. The highest BCUT2D eigenvalue weighted by atomic mass is 32.2. The zero-order chi connectivity index (χ0) is 30.3. The summed E-state index contributed by atoms with van der Waals surface area (Å²) in [4.78, 5) is 46.9. The van der Waals surface area contributed by atoms with Gasteiger partial charge in [0.05, 0.1) is 63.8 Å². The minimum absolute atomic E-state index is 0.0386. The molecule has 4 unspecified atom stereocenters. The number of hydrogen-bond acceptors (Lipinski definition) is 9. The first-order valence-electron chi connectivity index (χ1n) is 15.6. The van der Waals surface area contributed by atoms with Crippen molar-refractivity contribution in [2.45, 2.75) is 86.0 Å². The van der Waals surface area contributed by atoms with Gasteiger partial charge in [-0.05, 0) is 25.7 Å². The van der Waals surface area contributed by atoms with Crippen molar-refractivity contribution in [1.29, 1.82) is 0 Å². The molecule has 4 fully saturated rings. The summed E-state index contributed by atoms with van der Waals surface area (Å²) in [6, 6.07) is 0.810. The van der Waals surface area contributed by atoms with E-state index in [-0.39, 0.29) is 48.0 Å². The summed E-state index contributed by atoms with van der Waals surface area (Å²) in [7, 11) is 0. The van der Waals surface area contributed by atoms with E-state index in [4.69, 9.17) is 14.2 Å². The van der Waals surface area contributed by atoms with E-state index < -0.39 is 0 Å². The van der Waals surface area contributed by atoms with E-state index in [1.54, 1.807) is 0 Å². The third kappa shape index (κ3) is 11.8. The first-order chi connectivity index (χ1) is 21.0. The fourth-order valence-electron chi connectivity index (χ4n) is 5.79. The van der Waals surface area contributed by atoms with Crippen LogP contribution in [0.5, 0.6) is 0 Å². The van der Waals surface area contributed by atoms with Crippen molar-refractivity contribution < 1.29 is 33.4 Å². The van der Waals surface area contributed by atoms with Crippen LogP contribution in [0.3, 0.4) is 0 Å². The Bertz CT molecular complexity index is 849. The molecule has 0 aliphatic carbocycles. The van der Waals surface area contributed by atoms with E-state index in [1.807, 2.05) is 23.5 Å². The SMILES string of the molecule is O=C(CCCC[C@@H]1SCC2NC(=O)NC21)NCCOCCOCCOCCNC(=O)CCCC[C@H]1SCC2NC(=O)NC21. The number of carbonyl (C=O) groups is 4. The van der Waals surface area contributed by atoms with E-state index in [2.05, 4.69) is 31.9 Å². The molecule has 6 N–H and O–H groups in total. The first-order valence-corrected chi connectivity index (χ1v) is 17.7. The average Bonchev–Trinajstić information content (AvgIpc) is 3.74. The molecule has 0 bridgehead atoms. The average molecular weight is 645 g/mol. The Balaban J connectivity index is 0.838. The quantitative estimate of drug-likeness (QED) is 0.0735. The third-order valence-electron chi connectivity index (χ3n) is 8.04. The Morgan fingerprint density at radius 3 is 1.49 bits per heavy atom. The standard InChI is InChI=1S/C28H48N6O7S2/c35-23(7-3-1-5-21-25-19(17-42-21)31-27(37)33-25)29-9-11-39-13-15-41-16-14-40-12-10-30-24(36)8-4-2-6-22-26-20(18-43-22)32-28(38)34-26/h19-22,25-26H,1-18H2,(H,29,35)(H,30,36)(H2,31,33,37)(H2,32,34,38)/t19?,20?,21-,22+,25?,26?. The summed E-state index contributed by atoms with van der Waals surface area (Å²) in [5, 5.41) is 18.5.